The van der Waals surface area contributed by atoms with E-state index in [-0.39, 0.29) is 17.1 Å². The molecule has 8 heteroatoms. The highest BCUT2D eigenvalue weighted by Crippen LogP contribution is 2.33. The first-order valence-electron chi connectivity index (χ1n) is 13.3. The number of anilines is 2. The molecule has 0 unspecified atom stereocenters. The molecule has 4 rings (SSSR count). The number of nitroso groups, excluding NO2 is 1. The van der Waals surface area contributed by atoms with Crippen molar-refractivity contribution in [1.82, 2.24) is 0 Å². The van der Waals surface area contributed by atoms with E-state index in [0.717, 1.165) is 40.1 Å². The van der Waals surface area contributed by atoms with Crippen LogP contribution in [0.15, 0.2) is 125 Å². The minimum Gasteiger partial charge on any atom is -0.478 e. The lowest BCUT2D eigenvalue weighted by atomic mass is 9.89. The van der Waals surface area contributed by atoms with Crippen molar-refractivity contribution in [2.75, 3.05) is 5.32 Å². The summed E-state index contributed by atoms with van der Waals surface area (Å²) in [5.41, 5.74) is 7.78. The Bertz CT molecular complexity index is 1660. The van der Waals surface area contributed by atoms with Crippen molar-refractivity contribution in [3.63, 3.8) is 0 Å². The molecule has 6 nitrogen and oxygen atoms in total. The summed E-state index contributed by atoms with van der Waals surface area (Å²) < 4.78 is 0. The van der Waals surface area contributed by atoms with Crippen LogP contribution in [0.4, 0.5) is 17.1 Å². The molecule has 0 saturated heterocycles. The number of benzene rings is 3. The van der Waals surface area contributed by atoms with Gasteiger partial charge in [0.1, 0.15) is 6.54 Å². The maximum Gasteiger partial charge on any atom is 0.337 e. The molecule has 0 radical (unpaired) electrons. The Hall–Kier alpha value is -4.52. The second kappa shape index (κ2) is 14.4. The van der Waals surface area contributed by atoms with Crippen LogP contribution >= 0.6 is 23.2 Å². The van der Waals surface area contributed by atoms with Crippen molar-refractivity contribution in [1.29, 1.82) is 0 Å². The van der Waals surface area contributed by atoms with Crippen LogP contribution in [-0.4, -0.2) is 16.8 Å². The zero-order chi connectivity index (χ0) is 30.1. The third-order valence-corrected chi connectivity index (χ3v) is 7.09. The van der Waals surface area contributed by atoms with Gasteiger partial charge in [0.05, 0.1) is 22.0 Å². The van der Waals surface area contributed by atoms with Crippen LogP contribution in [0.2, 0.25) is 10.0 Å². The van der Waals surface area contributed by atoms with Gasteiger partial charge in [-0.1, -0.05) is 77.8 Å². The number of aliphatic imine (C=N–C) groups is 1. The third kappa shape index (κ3) is 7.60. The van der Waals surface area contributed by atoms with E-state index in [0.29, 0.717) is 22.0 Å². The van der Waals surface area contributed by atoms with E-state index in [2.05, 4.69) is 46.7 Å². The molecule has 0 atom stereocenters. The van der Waals surface area contributed by atoms with E-state index in [1.165, 1.54) is 12.1 Å². The van der Waals surface area contributed by atoms with Gasteiger partial charge in [-0.2, -0.15) is 4.91 Å². The molecule has 0 fully saturated rings. The Morgan fingerprint density at radius 2 is 1.62 bits per heavy atom. The highest BCUT2D eigenvalue weighted by molar-refractivity contribution is 6.33. The molecule has 0 saturated carbocycles. The lowest BCUT2D eigenvalue weighted by Gasteiger charge is -2.16. The van der Waals surface area contributed by atoms with Crippen LogP contribution in [0.25, 0.3) is 5.57 Å². The lowest BCUT2D eigenvalue weighted by Crippen LogP contribution is -1.99. The monoisotopic (exact) mass is 597 g/mol. The molecule has 0 amide bonds. The van der Waals surface area contributed by atoms with E-state index in [1.807, 2.05) is 61.6 Å². The number of carbonyl (C=O) groups is 1. The molecule has 0 spiro atoms. The van der Waals surface area contributed by atoms with Gasteiger partial charge in [-0.25, -0.2) is 9.79 Å². The molecule has 0 aliphatic heterocycles. The fraction of sp³-hybridized carbons (Fsp3) is 0.118. The van der Waals surface area contributed by atoms with Gasteiger partial charge in [0, 0.05) is 16.4 Å². The highest BCUT2D eigenvalue weighted by Gasteiger charge is 2.13. The van der Waals surface area contributed by atoms with Gasteiger partial charge >= 0.3 is 5.97 Å². The predicted octanol–water partition coefficient (Wildman–Crippen LogP) is 10.3. The van der Waals surface area contributed by atoms with E-state index in [1.54, 1.807) is 12.1 Å². The van der Waals surface area contributed by atoms with Gasteiger partial charge in [0.25, 0.3) is 0 Å². The molecular formula is C34H29Cl2N3O3. The number of nitrogens with one attached hydrogen (secondary N) is 1. The zero-order valence-corrected chi connectivity index (χ0v) is 24.7. The van der Waals surface area contributed by atoms with Crippen LogP contribution in [0, 0.1) is 4.91 Å². The summed E-state index contributed by atoms with van der Waals surface area (Å²) in [6.07, 6.45) is 15.0. The summed E-state index contributed by atoms with van der Waals surface area (Å²) in [4.78, 5) is 26.8. The smallest absolute Gasteiger partial charge is 0.337 e. The quantitative estimate of drug-likeness (QED) is 0.179. The van der Waals surface area contributed by atoms with E-state index in [4.69, 9.17) is 23.2 Å². The lowest BCUT2D eigenvalue weighted by molar-refractivity contribution is 0.0697. The Labute approximate surface area is 255 Å². The van der Waals surface area contributed by atoms with Gasteiger partial charge in [-0.05, 0) is 102 Å². The molecule has 3 aromatic carbocycles. The summed E-state index contributed by atoms with van der Waals surface area (Å²) in [6.45, 7) is 4.11. The molecule has 1 aliphatic carbocycles. The van der Waals surface area contributed by atoms with E-state index >= 15 is 0 Å². The number of aromatic carboxylic acids is 1. The summed E-state index contributed by atoms with van der Waals surface area (Å²) in [6, 6.07) is 18.3. The Balaban J connectivity index is 1.67. The molecule has 3 aromatic rings. The predicted molar refractivity (Wildman–Crippen MR) is 175 cm³/mol. The third-order valence-electron chi connectivity index (χ3n) is 6.40. The Kier molecular flexibility index (Phi) is 10.4. The van der Waals surface area contributed by atoms with Crippen molar-refractivity contribution < 1.29 is 9.90 Å². The first kappa shape index (κ1) is 30.4. The van der Waals surface area contributed by atoms with Gasteiger partial charge in [0.15, 0.2) is 0 Å². The SMILES string of the molecule is C/C=C\C(=C/CC)C(=C1C=CC(=Nc2ccc(Cl)c(C(=O)O)c2)C=C1)c1ccc(Nc2ccc(Cl)c(CN=O)c2)cc1. The highest BCUT2D eigenvalue weighted by atomic mass is 35.5. The molecule has 2 N–H and O–H groups in total. The Morgan fingerprint density at radius 3 is 2.26 bits per heavy atom. The van der Waals surface area contributed by atoms with Crippen LogP contribution in [0.3, 0.4) is 0 Å². The molecule has 42 heavy (non-hydrogen) atoms. The Morgan fingerprint density at radius 1 is 0.929 bits per heavy atom. The molecule has 0 bridgehead atoms. The van der Waals surface area contributed by atoms with E-state index in [9.17, 15) is 14.8 Å². The van der Waals surface area contributed by atoms with Crippen molar-refractivity contribution >= 4 is 57.5 Å². The standard InChI is InChI=1S/C34H29Cl2N3O3/c1-3-5-22(6-4-2)33(23-7-11-26(12-8-23)38-28-15-17-31(35)25(19-28)21-37-42)24-9-13-27(14-10-24)39-29-16-18-32(36)30(20-29)34(40)41/h3,5-20,38H,4,21H2,1-2H3,(H,40,41)/b5-3-,22-6+,33-24?,39-27?. The summed E-state index contributed by atoms with van der Waals surface area (Å²) >= 11 is 12.2. The van der Waals surface area contributed by atoms with Crippen molar-refractivity contribution in [2.45, 2.75) is 26.8 Å². The molecular weight excluding hydrogens is 569 g/mol. The first-order chi connectivity index (χ1) is 20.3. The van der Waals surface area contributed by atoms with E-state index < -0.39 is 5.97 Å². The molecule has 1 aliphatic rings. The number of allylic oxidation sites excluding steroid dienone is 10. The number of nitrogens with zero attached hydrogens (tertiary/aromatic N) is 2. The fourth-order valence-corrected chi connectivity index (χ4v) is 4.86. The van der Waals surface area contributed by atoms with Crippen LogP contribution < -0.4 is 5.32 Å². The van der Waals surface area contributed by atoms with Gasteiger partial charge < -0.3 is 10.4 Å². The normalized spacial score (nSPS) is 13.0. The van der Waals surface area contributed by atoms with Crippen LogP contribution in [0.1, 0.15) is 41.8 Å². The van der Waals surface area contributed by atoms with Crippen molar-refractivity contribution in [2.24, 2.45) is 10.2 Å². The average Bonchev–Trinajstić information content (AvgIpc) is 2.98. The maximum atomic E-state index is 11.5. The topological polar surface area (TPSA) is 91.1 Å². The van der Waals surface area contributed by atoms with Gasteiger partial charge in [-0.15, -0.1) is 0 Å². The zero-order valence-electron chi connectivity index (χ0n) is 23.1. The number of carboxylic acids is 1. The van der Waals surface area contributed by atoms with Crippen LogP contribution in [0.5, 0.6) is 0 Å². The fourth-order valence-electron chi connectivity index (χ4n) is 4.48. The molecule has 0 heterocycles. The minimum atomic E-state index is -1.10. The van der Waals surface area contributed by atoms with Crippen molar-refractivity contribution in [3.05, 3.63) is 146 Å². The molecule has 0 aromatic heterocycles. The number of hydrogen-bond acceptors (Lipinski definition) is 5. The molecule has 212 valence electrons. The number of rotatable bonds is 10. The largest absolute Gasteiger partial charge is 0.478 e. The number of carboxylic acid groups (broad SMARTS) is 1. The summed E-state index contributed by atoms with van der Waals surface area (Å²) in [5.74, 6) is -1.10. The number of halogens is 2. The second-order valence-electron chi connectivity index (χ2n) is 9.37. The maximum absolute atomic E-state index is 11.5. The van der Waals surface area contributed by atoms with Gasteiger partial charge in [0.2, 0.25) is 0 Å². The average molecular weight is 599 g/mol. The van der Waals surface area contributed by atoms with Crippen molar-refractivity contribution in [3.8, 4) is 0 Å². The van der Waals surface area contributed by atoms with Gasteiger partial charge in [-0.3, -0.25) is 0 Å². The van der Waals surface area contributed by atoms with Crippen LogP contribution in [-0.2, 0) is 6.54 Å². The minimum absolute atomic E-state index is 0.0121. The number of hydrogen-bond donors (Lipinski definition) is 2. The summed E-state index contributed by atoms with van der Waals surface area (Å²) in [7, 11) is 0. The first-order valence-corrected chi connectivity index (χ1v) is 14.1. The second-order valence-corrected chi connectivity index (χ2v) is 10.2. The summed E-state index contributed by atoms with van der Waals surface area (Å²) in [5, 5.41) is 16.4.